The molecule has 1 aliphatic heterocycles. The second-order valence-electron chi connectivity index (χ2n) is 2.56. The molecule has 0 aromatic heterocycles. The second kappa shape index (κ2) is 2.62. The predicted octanol–water partition coefficient (Wildman–Crippen LogP) is 2.98. The molecule has 56 valence electrons. The summed E-state index contributed by atoms with van der Waals surface area (Å²) in [5.74, 6) is 0. The van der Waals surface area contributed by atoms with E-state index in [4.69, 9.17) is 0 Å². The molecule has 1 heterocycles. The van der Waals surface area contributed by atoms with Gasteiger partial charge in [-0.05, 0) is 30.0 Å². The number of aryl methyl sites for hydroxylation is 1. The Balaban J connectivity index is 2.48. The summed E-state index contributed by atoms with van der Waals surface area (Å²) < 4.78 is 0. The Morgan fingerprint density at radius 2 is 2.27 bits per heavy atom. The third-order valence-corrected chi connectivity index (χ3v) is 2.52. The maximum atomic E-state index is 3.20. The van der Waals surface area contributed by atoms with E-state index >= 15 is 0 Å². The number of thioether (sulfide) groups is 1. The van der Waals surface area contributed by atoms with E-state index in [1.165, 1.54) is 16.1 Å². The molecule has 1 aliphatic rings. The quantitative estimate of drug-likeness (QED) is 0.631. The van der Waals surface area contributed by atoms with Gasteiger partial charge in [-0.2, -0.15) is 0 Å². The van der Waals surface area contributed by atoms with Crippen molar-refractivity contribution in [2.75, 3.05) is 5.32 Å². The minimum absolute atomic E-state index is 1.22. The average molecular weight is 163 g/mol. The van der Waals surface area contributed by atoms with E-state index in [0.29, 0.717) is 0 Å². The zero-order valence-electron chi connectivity index (χ0n) is 6.29. The number of fused-ring (bicyclic) bond motifs is 1. The molecule has 0 radical (unpaired) electrons. The first-order valence-corrected chi connectivity index (χ1v) is 4.43. The fraction of sp³-hybridized carbons (Fsp3) is 0.111. The summed E-state index contributed by atoms with van der Waals surface area (Å²) in [6.07, 6.45) is 1.96. The number of benzene rings is 1. The van der Waals surface area contributed by atoms with E-state index in [2.05, 4.69) is 35.8 Å². The van der Waals surface area contributed by atoms with Crippen LogP contribution in [0.1, 0.15) is 5.56 Å². The van der Waals surface area contributed by atoms with Gasteiger partial charge in [0, 0.05) is 11.1 Å². The van der Waals surface area contributed by atoms with Crippen LogP contribution >= 0.6 is 11.8 Å². The summed E-state index contributed by atoms with van der Waals surface area (Å²) in [6, 6.07) is 6.43. The molecule has 2 heteroatoms. The van der Waals surface area contributed by atoms with Crippen molar-refractivity contribution in [1.29, 1.82) is 0 Å². The summed E-state index contributed by atoms with van der Waals surface area (Å²) in [5, 5.41) is 5.26. The molecule has 0 unspecified atom stereocenters. The van der Waals surface area contributed by atoms with Crippen LogP contribution in [0.5, 0.6) is 0 Å². The zero-order valence-corrected chi connectivity index (χ0v) is 7.11. The Morgan fingerprint density at radius 3 is 3.18 bits per heavy atom. The highest BCUT2D eigenvalue weighted by atomic mass is 32.2. The fourth-order valence-corrected chi connectivity index (χ4v) is 1.76. The summed E-state index contributed by atoms with van der Waals surface area (Å²) >= 11 is 1.75. The summed E-state index contributed by atoms with van der Waals surface area (Å²) in [4.78, 5) is 1.30. The van der Waals surface area contributed by atoms with E-state index in [0.717, 1.165) is 0 Å². The number of nitrogens with one attached hydrogen (secondary N) is 1. The van der Waals surface area contributed by atoms with Crippen LogP contribution in [0.4, 0.5) is 5.69 Å². The summed E-state index contributed by atoms with van der Waals surface area (Å²) in [5.41, 5.74) is 2.52. The lowest BCUT2D eigenvalue weighted by Crippen LogP contribution is -1.93. The monoisotopic (exact) mass is 163 g/mol. The molecule has 2 rings (SSSR count). The van der Waals surface area contributed by atoms with E-state index in [-0.39, 0.29) is 0 Å². The lowest BCUT2D eigenvalue weighted by molar-refractivity contribution is 1.35. The first-order chi connectivity index (χ1) is 5.36. The molecule has 11 heavy (non-hydrogen) atoms. The van der Waals surface area contributed by atoms with Crippen molar-refractivity contribution in [1.82, 2.24) is 0 Å². The van der Waals surface area contributed by atoms with Crippen molar-refractivity contribution in [2.24, 2.45) is 0 Å². The maximum absolute atomic E-state index is 3.20. The van der Waals surface area contributed by atoms with E-state index in [9.17, 15) is 0 Å². The van der Waals surface area contributed by atoms with Gasteiger partial charge in [0.2, 0.25) is 0 Å². The third kappa shape index (κ3) is 1.26. The Hall–Kier alpha value is -0.890. The highest BCUT2D eigenvalue weighted by Crippen LogP contribution is 2.31. The third-order valence-electron chi connectivity index (χ3n) is 1.64. The molecule has 0 fully saturated rings. The van der Waals surface area contributed by atoms with Crippen molar-refractivity contribution in [3.05, 3.63) is 35.4 Å². The molecule has 1 N–H and O–H groups in total. The molecular weight excluding hydrogens is 154 g/mol. The van der Waals surface area contributed by atoms with Crippen LogP contribution in [0.15, 0.2) is 34.7 Å². The molecule has 0 saturated heterocycles. The van der Waals surface area contributed by atoms with Gasteiger partial charge in [-0.1, -0.05) is 17.8 Å². The van der Waals surface area contributed by atoms with E-state index in [1.54, 1.807) is 11.8 Å². The van der Waals surface area contributed by atoms with Crippen LogP contribution in [0.25, 0.3) is 0 Å². The van der Waals surface area contributed by atoms with E-state index in [1.807, 2.05) is 6.20 Å². The lowest BCUT2D eigenvalue weighted by Gasteiger charge is -2.11. The molecule has 0 amide bonds. The topological polar surface area (TPSA) is 12.0 Å². The molecule has 0 bridgehead atoms. The van der Waals surface area contributed by atoms with Crippen LogP contribution in [0.2, 0.25) is 0 Å². The fourth-order valence-electron chi connectivity index (χ4n) is 1.09. The standard InChI is InChI=1S/C9H9NS/c1-7-2-3-9-8(6-7)10-4-5-11-9/h2-6,10H,1H3. The maximum Gasteiger partial charge on any atom is 0.0524 e. The van der Waals surface area contributed by atoms with Gasteiger partial charge in [0.05, 0.1) is 5.69 Å². The molecule has 0 spiro atoms. The van der Waals surface area contributed by atoms with Gasteiger partial charge >= 0.3 is 0 Å². The Morgan fingerprint density at radius 1 is 1.36 bits per heavy atom. The zero-order chi connectivity index (χ0) is 7.68. The Kier molecular flexibility index (Phi) is 1.62. The molecule has 0 atom stereocenters. The number of hydrogen-bond donors (Lipinski definition) is 1. The molecular formula is C9H9NS. The smallest absolute Gasteiger partial charge is 0.0524 e. The first-order valence-electron chi connectivity index (χ1n) is 3.55. The Labute approximate surface area is 70.5 Å². The lowest BCUT2D eigenvalue weighted by atomic mass is 10.2. The molecule has 1 aromatic carbocycles. The van der Waals surface area contributed by atoms with Crippen molar-refractivity contribution in [2.45, 2.75) is 11.8 Å². The number of hydrogen-bond acceptors (Lipinski definition) is 2. The average Bonchev–Trinajstić information content (AvgIpc) is 2.04. The summed E-state index contributed by atoms with van der Waals surface area (Å²) in [6.45, 7) is 2.10. The van der Waals surface area contributed by atoms with Crippen LogP contribution in [-0.2, 0) is 0 Å². The van der Waals surface area contributed by atoms with Gasteiger partial charge in [0.15, 0.2) is 0 Å². The van der Waals surface area contributed by atoms with Gasteiger partial charge in [-0.25, -0.2) is 0 Å². The molecule has 1 nitrogen and oxygen atoms in total. The predicted molar refractivity (Wildman–Crippen MR) is 49.8 cm³/mol. The molecule has 1 aromatic rings. The van der Waals surface area contributed by atoms with Crippen LogP contribution in [0.3, 0.4) is 0 Å². The first kappa shape index (κ1) is 6.80. The van der Waals surface area contributed by atoms with Gasteiger partial charge in [0.25, 0.3) is 0 Å². The van der Waals surface area contributed by atoms with Gasteiger partial charge in [0.1, 0.15) is 0 Å². The molecule has 0 saturated carbocycles. The Bertz CT molecular complexity index is 304. The minimum Gasteiger partial charge on any atom is -0.360 e. The van der Waals surface area contributed by atoms with Crippen molar-refractivity contribution < 1.29 is 0 Å². The second-order valence-corrected chi connectivity index (χ2v) is 3.51. The van der Waals surface area contributed by atoms with Crippen LogP contribution in [-0.4, -0.2) is 0 Å². The SMILES string of the molecule is Cc1ccc2c(c1)NC=CS2. The van der Waals surface area contributed by atoms with E-state index < -0.39 is 0 Å². The largest absolute Gasteiger partial charge is 0.360 e. The number of anilines is 1. The van der Waals surface area contributed by atoms with Gasteiger partial charge < -0.3 is 5.32 Å². The van der Waals surface area contributed by atoms with Crippen molar-refractivity contribution in [3.8, 4) is 0 Å². The van der Waals surface area contributed by atoms with Crippen LogP contribution in [0, 0.1) is 6.92 Å². The van der Waals surface area contributed by atoms with Gasteiger partial charge in [-0.15, -0.1) is 0 Å². The number of rotatable bonds is 0. The minimum atomic E-state index is 1.22. The summed E-state index contributed by atoms with van der Waals surface area (Å²) in [7, 11) is 0. The van der Waals surface area contributed by atoms with Crippen molar-refractivity contribution >= 4 is 17.4 Å². The van der Waals surface area contributed by atoms with Crippen molar-refractivity contribution in [3.63, 3.8) is 0 Å². The highest BCUT2D eigenvalue weighted by molar-refractivity contribution is 8.02. The highest BCUT2D eigenvalue weighted by Gasteiger charge is 2.03. The van der Waals surface area contributed by atoms with Crippen LogP contribution < -0.4 is 5.32 Å². The van der Waals surface area contributed by atoms with Gasteiger partial charge in [-0.3, -0.25) is 0 Å². The molecule has 0 aliphatic carbocycles. The normalized spacial score (nSPS) is 13.9.